The zero-order valence-electron chi connectivity index (χ0n) is 16.8. The van der Waals surface area contributed by atoms with Gasteiger partial charge in [-0.25, -0.2) is 0 Å². The van der Waals surface area contributed by atoms with Crippen molar-refractivity contribution in [3.63, 3.8) is 0 Å². The Hall–Kier alpha value is -1.96. The van der Waals surface area contributed by atoms with Gasteiger partial charge in [-0.1, -0.05) is 15.9 Å². The van der Waals surface area contributed by atoms with Gasteiger partial charge in [0.05, 0.1) is 34.5 Å². The SMILES string of the molecule is COc1ccc(C(c2cc(OC)c(OC)cc2Br)N2CCNCC2)c(OC)c1. The highest BCUT2D eigenvalue weighted by atomic mass is 79.9. The van der Waals surface area contributed by atoms with Crippen LogP contribution in [-0.2, 0) is 0 Å². The Bertz CT molecular complexity index is 809. The smallest absolute Gasteiger partial charge is 0.161 e. The minimum absolute atomic E-state index is 0.00265. The molecule has 1 unspecified atom stereocenters. The van der Waals surface area contributed by atoms with E-state index < -0.39 is 0 Å². The Labute approximate surface area is 174 Å². The summed E-state index contributed by atoms with van der Waals surface area (Å²) in [6, 6.07) is 9.98. The first kappa shape index (κ1) is 20.8. The maximum Gasteiger partial charge on any atom is 0.161 e. The van der Waals surface area contributed by atoms with Crippen molar-refractivity contribution in [1.82, 2.24) is 10.2 Å². The molecule has 0 aliphatic carbocycles. The van der Waals surface area contributed by atoms with Crippen molar-refractivity contribution in [1.29, 1.82) is 0 Å². The number of hydrogen-bond donors (Lipinski definition) is 1. The molecule has 2 aromatic carbocycles. The molecule has 6 nitrogen and oxygen atoms in total. The number of ether oxygens (including phenoxy) is 4. The van der Waals surface area contributed by atoms with Gasteiger partial charge < -0.3 is 24.3 Å². The van der Waals surface area contributed by atoms with Gasteiger partial charge in [-0.05, 0) is 29.8 Å². The van der Waals surface area contributed by atoms with E-state index in [4.69, 9.17) is 18.9 Å². The van der Waals surface area contributed by atoms with E-state index in [0.717, 1.165) is 53.3 Å². The zero-order chi connectivity index (χ0) is 20.1. The Morgan fingerprint density at radius 2 is 1.46 bits per heavy atom. The lowest BCUT2D eigenvalue weighted by molar-refractivity contribution is 0.194. The van der Waals surface area contributed by atoms with E-state index in [1.54, 1.807) is 28.4 Å². The molecule has 1 N–H and O–H groups in total. The van der Waals surface area contributed by atoms with Crippen LogP contribution in [0.4, 0.5) is 0 Å². The molecular weight excluding hydrogens is 424 g/mol. The van der Waals surface area contributed by atoms with Gasteiger partial charge in [0.1, 0.15) is 11.5 Å². The summed E-state index contributed by atoms with van der Waals surface area (Å²) >= 11 is 3.75. The number of rotatable bonds is 7. The van der Waals surface area contributed by atoms with E-state index in [9.17, 15) is 0 Å². The van der Waals surface area contributed by atoms with Gasteiger partial charge in [0.15, 0.2) is 11.5 Å². The molecule has 0 bridgehead atoms. The molecule has 1 aliphatic rings. The molecule has 28 heavy (non-hydrogen) atoms. The number of hydrogen-bond acceptors (Lipinski definition) is 6. The van der Waals surface area contributed by atoms with E-state index in [1.165, 1.54) is 0 Å². The lowest BCUT2D eigenvalue weighted by Crippen LogP contribution is -2.45. The van der Waals surface area contributed by atoms with Crippen LogP contribution in [0.25, 0.3) is 0 Å². The van der Waals surface area contributed by atoms with Crippen LogP contribution >= 0.6 is 15.9 Å². The molecule has 0 aromatic heterocycles. The Kier molecular flexibility index (Phi) is 7.04. The highest BCUT2D eigenvalue weighted by Crippen LogP contribution is 2.43. The number of piperazine rings is 1. The topological polar surface area (TPSA) is 52.2 Å². The summed E-state index contributed by atoms with van der Waals surface area (Å²) in [7, 11) is 6.65. The molecule has 1 atom stereocenters. The Morgan fingerprint density at radius 1 is 0.821 bits per heavy atom. The van der Waals surface area contributed by atoms with Crippen LogP contribution in [0.3, 0.4) is 0 Å². The van der Waals surface area contributed by atoms with Gasteiger partial charge in [0.2, 0.25) is 0 Å². The average Bonchev–Trinajstić information content (AvgIpc) is 2.75. The van der Waals surface area contributed by atoms with Crippen molar-refractivity contribution in [2.24, 2.45) is 0 Å². The summed E-state index contributed by atoms with van der Waals surface area (Å²) < 4.78 is 23.1. The fourth-order valence-electron chi connectivity index (χ4n) is 3.63. The third-order valence-electron chi connectivity index (χ3n) is 5.05. The Balaban J connectivity index is 2.16. The minimum Gasteiger partial charge on any atom is -0.497 e. The van der Waals surface area contributed by atoms with Crippen molar-refractivity contribution < 1.29 is 18.9 Å². The molecule has 1 fully saturated rings. The van der Waals surface area contributed by atoms with Crippen LogP contribution in [0.2, 0.25) is 0 Å². The minimum atomic E-state index is -0.00265. The second-order valence-electron chi connectivity index (χ2n) is 6.53. The summed E-state index contributed by atoms with van der Waals surface area (Å²) in [4.78, 5) is 2.45. The van der Waals surface area contributed by atoms with Crippen LogP contribution in [0.5, 0.6) is 23.0 Å². The van der Waals surface area contributed by atoms with Gasteiger partial charge in [-0.2, -0.15) is 0 Å². The zero-order valence-corrected chi connectivity index (χ0v) is 18.3. The normalized spacial score (nSPS) is 15.8. The van der Waals surface area contributed by atoms with Gasteiger partial charge in [-0.3, -0.25) is 4.90 Å². The molecule has 1 heterocycles. The second-order valence-corrected chi connectivity index (χ2v) is 7.38. The fraction of sp³-hybridized carbons (Fsp3) is 0.429. The average molecular weight is 451 g/mol. The highest BCUT2D eigenvalue weighted by Gasteiger charge is 2.29. The lowest BCUT2D eigenvalue weighted by Gasteiger charge is -2.36. The Morgan fingerprint density at radius 3 is 2.07 bits per heavy atom. The summed E-state index contributed by atoms with van der Waals surface area (Å²) in [5.41, 5.74) is 2.18. The molecule has 152 valence electrons. The number of benzene rings is 2. The summed E-state index contributed by atoms with van der Waals surface area (Å²) in [5, 5.41) is 3.43. The van der Waals surface area contributed by atoms with Crippen molar-refractivity contribution in [2.75, 3.05) is 54.6 Å². The van der Waals surface area contributed by atoms with E-state index >= 15 is 0 Å². The molecule has 2 aromatic rings. The second kappa shape index (κ2) is 9.49. The van der Waals surface area contributed by atoms with Crippen molar-refractivity contribution in [3.8, 4) is 23.0 Å². The summed E-state index contributed by atoms with van der Waals surface area (Å²) in [5.74, 6) is 2.96. The first-order chi connectivity index (χ1) is 13.6. The van der Waals surface area contributed by atoms with E-state index in [0.29, 0.717) is 11.5 Å². The highest BCUT2D eigenvalue weighted by molar-refractivity contribution is 9.10. The van der Waals surface area contributed by atoms with E-state index in [-0.39, 0.29) is 6.04 Å². The predicted molar refractivity (Wildman–Crippen MR) is 113 cm³/mol. The maximum absolute atomic E-state index is 5.73. The van der Waals surface area contributed by atoms with Crippen LogP contribution in [0.15, 0.2) is 34.8 Å². The standard InChI is InChI=1S/C21H27BrN2O4/c1-25-14-5-6-15(18(11-14)26-2)21(24-9-7-23-8-10-24)16-12-19(27-3)20(28-4)13-17(16)22/h5-6,11-13,21,23H,7-10H2,1-4H3. The fourth-order valence-corrected chi connectivity index (χ4v) is 4.16. The molecule has 0 saturated carbocycles. The molecular formula is C21H27BrN2O4. The molecule has 0 radical (unpaired) electrons. The van der Waals surface area contributed by atoms with Gasteiger partial charge in [0, 0.05) is 42.3 Å². The van der Waals surface area contributed by atoms with Crippen LogP contribution in [0.1, 0.15) is 17.2 Å². The third-order valence-corrected chi connectivity index (χ3v) is 5.74. The van der Waals surface area contributed by atoms with Crippen molar-refractivity contribution in [2.45, 2.75) is 6.04 Å². The predicted octanol–water partition coefficient (Wildman–Crippen LogP) is 3.48. The number of nitrogens with one attached hydrogen (secondary N) is 1. The first-order valence-corrected chi connectivity index (χ1v) is 10.00. The molecule has 1 aliphatic heterocycles. The van der Waals surface area contributed by atoms with Crippen molar-refractivity contribution >= 4 is 15.9 Å². The monoisotopic (exact) mass is 450 g/mol. The quantitative estimate of drug-likeness (QED) is 0.696. The molecule has 1 saturated heterocycles. The molecule has 3 rings (SSSR count). The number of halogens is 1. The van der Waals surface area contributed by atoms with Gasteiger partial charge >= 0.3 is 0 Å². The number of methoxy groups -OCH3 is 4. The summed E-state index contributed by atoms with van der Waals surface area (Å²) in [6.07, 6.45) is 0. The molecule has 0 spiro atoms. The largest absolute Gasteiger partial charge is 0.497 e. The van der Waals surface area contributed by atoms with Crippen molar-refractivity contribution in [3.05, 3.63) is 45.9 Å². The van der Waals surface area contributed by atoms with Gasteiger partial charge in [0.25, 0.3) is 0 Å². The number of nitrogens with zero attached hydrogens (tertiary/aromatic N) is 1. The third kappa shape index (κ3) is 4.21. The van der Waals surface area contributed by atoms with Crippen LogP contribution in [-0.4, -0.2) is 59.5 Å². The van der Waals surface area contributed by atoms with Gasteiger partial charge in [-0.15, -0.1) is 0 Å². The van der Waals surface area contributed by atoms with Crippen LogP contribution < -0.4 is 24.3 Å². The molecule has 0 amide bonds. The van der Waals surface area contributed by atoms with Crippen LogP contribution in [0, 0.1) is 0 Å². The molecule has 7 heteroatoms. The lowest BCUT2D eigenvalue weighted by atomic mass is 9.95. The van der Waals surface area contributed by atoms with E-state index in [2.05, 4.69) is 32.2 Å². The van der Waals surface area contributed by atoms with E-state index in [1.807, 2.05) is 24.3 Å². The first-order valence-electron chi connectivity index (χ1n) is 9.21. The maximum atomic E-state index is 5.73. The summed E-state index contributed by atoms with van der Waals surface area (Å²) in [6.45, 7) is 3.75.